The molecule has 0 spiro atoms. The number of thioether (sulfide) groups is 1. The van der Waals surface area contributed by atoms with Crippen molar-refractivity contribution < 1.29 is 33.0 Å². The molecule has 4 aromatic rings. The highest BCUT2D eigenvalue weighted by atomic mass is 32.2. The van der Waals surface area contributed by atoms with Crippen LogP contribution in [0.3, 0.4) is 0 Å². The third-order valence-electron chi connectivity index (χ3n) is 6.85. The van der Waals surface area contributed by atoms with E-state index < -0.39 is 22.9 Å². The Morgan fingerprint density at radius 1 is 0.911 bits per heavy atom. The van der Waals surface area contributed by atoms with E-state index in [9.17, 15) is 23.6 Å². The number of amides is 4. The largest absolute Gasteiger partial charge is 0.497 e. The van der Waals surface area contributed by atoms with Gasteiger partial charge in [-0.2, -0.15) is 0 Å². The van der Waals surface area contributed by atoms with Crippen molar-refractivity contribution in [2.24, 2.45) is 0 Å². The molecule has 0 bridgehead atoms. The SMILES string of the molecule is COc1ccc(/C=C(\NC(=O)c2ccccc2)C(=O)Nc2ccc(SC3CC(=O)N(c4ccc(F)cc4)C3=O)cc2)c(OC)c1. The first-order valence-electron chi connectivity index (χ1n) is 13.8. The van der Waals surface area contributed by atoms with Crippen LogP contribution in [-0.2, 0) is 14.4 Å². The maximum Gasteiger partial charge on any atom is 0.272 e. The van der Waals surface area contributed by atoms with E-state index in [1.54, 1.807) is 72.8 Å². The lowest BCUT2D eigenvalue weighted by Gasteiger charge is -2.15. The normalized spacial score (nSPS) is 14.7. The number of hydrogen-bond donors (Lipinski definition) is 2. The summed E-state index contributed by atoms with van der Waals surface area (Å²) in [6, 6.07) is 25.5. The highest BCUT2D eigenvalue weighted by Crippen LogP contribution is 2.34. The van der Waals surface area contributed by atoms with Gasteiger partial charge in [0.05, 0.1) is 25.2 Å². The van der Waals surface area contributed by atoms with Crippen LogP contribution in [0.4, 0.5) is 15.8 Å². The van der Waals surface area contributed by atoms with Crippen molar-refractivity contribution in [2.75, 3.05) is 24.4 Å². The average Bonchev–Trinajstić information content (AvgIpc) is 3.34. The number of carbonyl (C=O) groups is 4. The van der Waals surface area contributed by atoms with Crippen molar-refractivity contribution in [3.8, 4) is 11.5 Å². The predicted octanol–water partition coefficient (Wildman–Crippen LogP) is 5.68. The number of nitrogens with one attached hydrogen (secondary N) is 2. The van der Waals surface area contributed by atoms with Crippen LogP contribution in [0.25, 0.3) is 6.08 Å². The van der Waals surface area contributed by atoms with Gasteiger partial charge in [0.1, 0.15) is 23.0 Å². The molecule has 11 heteroatoms. The number of rotatable bonds is 10. The van der Waals surface area contributed by atoms with Gasteiger partial charge in [0.15, 0.2) is 0 Å². The van der Waals surface area contributed by atoms with E-state index >= 15 is 0 Å². The topological polar surface area (TPSA) is 114 Å². The van der Waals surface area contributed by atoms with Gasteiger partial charge < -0.3 is 20.1 Å². The molecule has 1 fully saturated rings. The summed E-state index contributed by atoms with van der Waals surface area (Å²) in [5.41, 5.74) is 1.64. The number of hydrogen-bond acceptors (Lipinski definition) is 7. The second-order valence-corrected chi connectivity index (χ2v) is 11.1. The van der Waals surface area contributed by atoms with Crippen LogP contribution >= 0.6 is 11.8 Å². The lowest BCUT2D eigenvalue weighted by atomic mass is 10.1. The molecular weight excluding hydrogens is 597 g/mol. The number of imide groups is 1. The summed E-state index contributed by atoms with van der Waals surface area (Å²) in [6.07, 6.45) is 1.51. The third kappa shape index (κ3) is 7.39. The zero-order valence-electron chi connectivity index (χ0n) is 24.3. The molecule has 5 rings (SSSR count). The summed E-state index contributed by atoms with van der Waals surface area (Å²) in [5.74, 6) is -1.25. The highest BCUT2D eigenvalue weighted by molar-refractivity contribution is 8.00. The van der Waals surface area contributed by atoms with E-state index in [1.165, 1.54) is 56.3 Å². The number of methoxy groups -OCH3 is 2. The van der Waals surface area contributed by atoms with Gasteiger partial charge in [-0.15, -0.1) is 11.8 Å². The molecule has 1 aliphatic rings. The number of ether oxygens (including phenoxy) is 2. The van der Waals surface area contributed by atoms with Gasteiger partial charge in [-0.3, -0.25) is 19.2 Å². The lowest BCUT2D eigenvalue weighted by molar-refractivity contribution is -0.121. The number of benzene rings is 4. The van der Waals surface area contributed by atoms with E-state index in [4.69, 9.17) is 9.47 Å². The summed E-state index contributed by atoms with van der Waals surface area (Å²) in [4.78, 5) is 53.8. The van der Waals surface area contributed by atoms with Crippen LogP contribution < -0.4 is 25.0 Å². The number of halogens is 1. The number of anilines is 2. The molecule has 0 aliphatic carbocycles. The van der Waals surface area contributed by atoms with Crippen molar-refractivity contribution in [3.05, 3.63) is 120 Å². The quantitative estimate of drug-likeness (QED) is 0.172. The third-order valence-corrected chi connectivity index (χ3v) is 8.05. The fraction of sp³-hybridized carbons (Fsp3) is 0.118. The zero-order chi connectivity index (χ0) is 31.9. The molecule has 0 radical (unpaired) electrons. The molecule has 4 aromatic carbocycles. The molecule has 1 heterocycles. The first-order valence-corrected chi connectivity index (χ1v) is 14.6. The van der Waals surface area contributed by atoms with Crippen molar-refractivity contribution >= 4 is 52.8 Å². The molecule has 45 heavy (non-hydrogen) atoms. The van der Waals surface area contributed by atoms with Crippen molar-refractivity contribution in [2.45, 2.75) is 16.6 Å². The van der Waals surface area contributed by atoms with Gasteiger partial charge in [-0.05, 0) is 78.9 Å². The van der Waals surface area contributed by atoms with E-state index in [2.05, 4.69) is 10.6 Å². The molecule has 1 saturated heterocycles. The summed E-state index contributed by atoms with van der Waals surface area (Å²) >= 11 is 1.22. The molecule has 1 aliphatic heterocycles. The highest BCUT2D eigenvalue weighted by Gasteiger charge is 2.40. The molecule has 0 saturated carbocycles. The van der Waals surface area contributed by atoms with Crippen molar-refractivity contribution in [3.63, 3.8) is 0 Å². The van der Waals surface area contributed by atoms with Crippen LogP contribution in [0.2, 0.25) is 0 Å². The lowest BCUT2D eigenvalue weighted by Crippen LogP contribution is -2.31. The minimum Gasteiger partial charge on any atom is -0.497 e. The van der Waals surface area contributed by atoms with Crippen molar-refractivity contribution in [1.82, 2.24) is 5.32 Å². The minimum absolute atomic E-state index is 0.00343. The first-order chi connectivity index (χ1) is 21.7. The summed E-state index contributed by atoms with van der Waals surface area (Å²) in [7, 11) is 3.02. The number of carbonyl (C=O) groups excluding carboxylic acids is 4. The molecule has 4 amide bonds. The van der Waals surface area contributed by atoms with Crippen LogP contribution in [-0.4, -0.2) is 43.1 Å². The Labute approximate surface area is 263 Å². The molecule has 1 atom stereocenters. The molecular formula is C34H28FN3O6S. The van der Waals surface area contributed by atoms with Gasteiger partial charge in [0.2, 0.25) is 11.8 Å². The summed E-state index contributed by atoms with van der Waals surface area (Å²) in [5, 5.41) is 4.84. The van der Waals surface area contributed by atoms with Gasteiger partial charge in [0, 0.05) is 34.2 Å². The molecule has 1 unspecified atom stereocenters. The van der Waals surface area contributed by atoms with Crippen LogP contribution in [0.15, 0.2) is 108 Å². The molecule has 0 aromatic heterocycles. The minimum atomic E-state index is -0.648. The van der Waals surface area contributed by atoms with E-state index in [0.29, 0.717) is 38.9 Å². The van der Waals surface area contributed by atoms with Crippen LogP contribution in [0.1, 0.15) is 22.3 Å². The standard InChI is InChI=1S/C34H28FN3O6S/c1-43-26-15-8-22(29(19-26)44-2)18-28(37-32(40)21-6-4-3-5-7-21)33(41)36-24-11-16-27(17-12-24)45-30-20-31(39)38(34(30)42)25-13-9-23(35)10-14-25/h3-19,30H,20H2,1-2H3,(H,36,41)(H,37,40)/b28-18-. The van der Waals surface area contributed by atoms with Crippen molar-refractivity contribution in [1.29, 1.82) is 0 Å². The average molecular weight is 626 g/mol. The molecule has 228 valence electrons. The second kappa shape index (κ2) is 13.9. The second-order valence-electron chi connectivity index (χ2n) is 9.82. The first kappa shape index (κ1) is 31.0. The molecule has 9 nitrogen and oxygen atoms in total. The Morgan fingerprint density at radius 3 is 2.29 bits per heavy atom. The monoisotopic (exact) mass is 625 g/mol. The van der Waals surface area contributed by atoms with E-state index in [1.807, 2.05) is 0 Å². The molecule has 2 N–H and O–H groups in total. The summed E-state index contributed by atoms with van der Waals surface area (Å²) in [6.45, 7) is 0. The van der Waals surface area contributed by atoms with Gasteiger partial charge in [-0.25, -0.2) is 9.29 Å². The zero-order valence-corrected chi connectivity index (χ0v) is 25.1. The Hall–Kier alpha value is -5.42. The smallest absolute Gasteiger partial charge is 0.272 e. The van der Waals surface area contributed by atoms with Gasteiger partial charge in [0.25, 0.3) is 11.8 Å². The van der Waals surface area contributed by atoms with Crippen LogP contribution in [0.5, 0.6) is 11.5 Å². The number of nitrogens with zero attached hydrogens (tertiary/aromatic N) is 1. The Kier molecular flexibility index (Phi) is 9.59. The van der Waals surface area contributed by atoms with Crippen LogP contribution in [0, 0.1) is 5.82 Å². The van der Waals surface area contributed by atoms with Gasteiger partial charge in [-0.1, -0.05) is 18.2 Å². The fourth-order valence-corrected chi connectivity index (χ4v) is 5.63. The predicted molar refractivity (Wildman–Crippen MR) is 170 cm³/mol. The van der Waals surface area contributed by atoms with E-state index in [0.717, 1.165) is 4.90 Å². The van der Waals surface area contributed by atoms with E-state index in [-0.39, 0.29) is 23.9 Å². The summed E-state index contributed by atoms with van der Waals surface area (Å²) < 4.78 is 24.0. The Bertz CT molecular complexity index is 1760. The Balaban J connectivity index is 1.31. The fourth-order valence-electron chi connectivity index (χ4n) is 4.57. The Morgan fingerprint density at radius 2 is 1.62 bits per heavy atom. The van der Waals surface area contributed by atoms with Gasteiger partial charge >= 0.3 is 0 Å². The maximum absolute atomic E-state index is 13.5. The maximum atomic E-state index is 13.5.